The minimum absolute atomic E-state index is 0.766. The quantitative estimate of drug-likeness (QED) is 0.619. The van der Waals surface area contributed by atoms with Crippen LogP contribution in [0.2, 0.25) is 0 Å². The van der Waals surface area contributed by atoms with Crippen molar-refractivity contribution in [3.05, 3.63) is 0 Å². The highest BCUT2D eigenvalue weighted by atomic mass is 16.5. The predicted octanol–water partition coefficient (Wildman–Crippen LogP) is 0.953. The number of hydrogen-bond donors (Lipinski definition) is 1. The number of hydrogen-bond acceptors (Lipinski definition) is 3. The SMILES string of the molecule is CC1CC(NCCOCCN(C)C)C1. The number of likely N-dealkylation sites (N-methyl/N-ethyl adjacent to an activating group) is 1. The van der Waals surface area contributed by atoms with E-state index in [9.17, 15) is 0 Å². The van der Waals surface area contributed by atoms with Crippen molar-refractivity contribution in [3.8, 4) is 0 Å². The summed E-state index contributed by atoms with van der Waals surface area (Å²) in [5.74, 6) is 0.933. The van der Waals surface area contributed by atoms with Gasteiger partial charge in [-0.05, 0) is 32.9 Å². The van der Waals surface area contributed by atoms with Crippen LogP contribution in [0.4, 0.5) is 0 Å². The molecule has 0 aliphatic heterocycles. The molecule has 1 saturated carbocycles. The number of rotatable bonds is 7. The molecule has 0 aromatic carbocycles. The van der Waals surface area contributed by atoms with E-state index in [1.165, 1.54) is 12.8 Å². The highest BCUT2D eigenvalue weighted by Crippen LogP contribution is 2.25. The second-order valence-corrected chi connectivity index (χ2v) is 4.64. The van der Waals surface area contributed by atoms with Crippen molar-refractivity contribution in [2.24, 2.45) is 5.92 Å². The molecule has 0 atom stereocenters. The van der Waals surface area contributed by atoms with Gasteiger partial charge in [0.15, 0.2) is 0 Å². The molecule has 0 amide bonds. The van der Waals surface area contributed by atoms with Crippen LogP contribution in [0.25, 0.3) is 0 Å². The van der Waals surface area contributed by atoms with Gasteiger partial charge in [0.25, 0.3) is 0 Å². The Morgan fingerprint density at radius 1 is 1.29 bits per heavy atom. The maximum Gasteiger partial charge on any atom is 0.0593 e. The molecule has 0 unspecified atom stereocenters. The zero-order valence-corrected chi connectivity index (χ0v) is 9.75. The largest absolute Gasteiger partial charge is 0.379 e. The lowest BCUT2D eigenvalue weighted by atomic mass is 9.82. The standard InChI is InChI=1S/C11H24N2O/c1-10-8-11(9-10)12-4-6-14-7-5-13(2)3/h10-12H,4-9H2,1-3H3. The molecular weight excluding hydrogens is 176 g/mol. The Hall–Kier alpha value is -0.120. The zero-order valence-electron chi connectivity index (χ0n) is 9.75. The topological polar surface area (TPSA) is 24.5 Å². The molecule has 0 heterocycles. The summed E-state index contributed by atoms with van der Waals surface area (Å²) in [7, 11) is 4.13. The molecule has 1 aliphatic carbocycles. The molecule has 1 aliphatic rings. The van der Waals surface area contributed by atoms with Gasteiger partial charge in [-0.2, -0.15) is 0 Å². The molecule has 3 nitrogen and oxygen atoms in total. The highest BCUT2D eigenvalue weighted by molar-refractivity contribution is 4.81. The van der Waals surface area contributed by atoms with E-state index < -0.39 is 0 Å². The third-order valence-electron chi connectivity index (χ3n) is 2.74. The first-order chi connectivity index (χ1) is 6.68. The van der Waals surface area contributed by atoms with Crippen LogP contribution in [0.15, 0.2) is 0 Å². The summed E-state index contributed by atoms with van der Waals surface area (Å²) in [6.07, 6.45) is 2.69. The lowest BCUT2D eigenvalue weighted by Gasteiger charge is -2.33. The molecule has 0 spiro atoms. The van der Waals surface area contributed by atoms with E-state index in [2.05, 4.69) is 31.2 Å². The van der Waals surface area contributed by atoms with Gasteiger partial charge in [-0.15, -0.1) is 0 Å². The summed E-state index contributed by atoms with van der Waals surface area (Å²) in [5, 5.41) is 3.50. The Labute approximate surface area is 87.8 Å². The molecule has 0 aromatic rings. The highest BCUT2D eigenvalue weighted by Gasteiger charge is 2.23. The zero-order chi connectivity index (χ0) is 10.4. The molecule has 1 rings (SSSR count). The van der Waals surface area contributed by atoms with Gasteiger partial charge in [-0.25, -0.2) is 0 Å². The second-order valence-electron chi connectivity index (χ2n) is 4.64. The van der Waals surface area contributed by atoms with Crippen molar-refractivity contribution in [2.75, 3.05) is 40.4 Å². The molecular formula is C11H24N2O. The fourth-order valence-corrected chi connectivity index (χ4v) is 1.75. The van der Waals surface area contributed by atoms with Crippen LogP contribution in [0.3, 0.4) is 0 Å². The molecule has 3 heteroatoms. The van der Waals surface area contributed by atoms with Crippen LogP contribution in [0, 0.1) is 5.92 Å². The molecule has 1 fully saturated rings. The minimum atomic E-state index is 0.766. The fourth-order valence-electron chi connectivity index (χ4n) is 1.75. The number of nitrogens with one attached hydrogen (secondary N) is 1. The van der Waals surface area contributed by atoms with Crippen LogP contribution < -0.4 is 5.32 Å². The minimum Gasteiger partial charge on any atom is -0.379 e. The number of nitrogens with zero attached hydrogens (tertiary/aromatic N) is 1. The Balaban J connectivity index is 1.76. The van der Waals surface area contributed by atoms with Crippen molar-refractivity contribution >= 4 is 0 Å². The second kappa shape index (κ2) is 6.38. The van der Waals surface area contributed by atoms with Gasteiger partial charge in [0.1, 0.15) is 0 Å². The summed E-state index contributed by atoms with van der Waals surface area (Å²) in [6, 6.07) is 0.766. The molecule has 84 valence electrons. The van der Waals surface area contributed by atoms with E-state index in [-0.39, 0.29) is 0 Å². The van der Waals surface area contributed by atoms with E-state index in [0.29, 0.717) is 0 Å². The molecule has 0 radical (unpaired) electrons. The third-order valence-corrected chi connectivity index (χ3v) is 2.74. The Morgan fingerprint density at radius 3 is 2.57 bits per heavy atom. The van der Waals surface area contributed by atoms with Gasteiger partial charge in [0.2, 0.25) is 0 Å². The van der Waals surface area contributed by atoms with Crippen molar-refractivity contribution in [3.63, 3.8) is 0 Å². The van der Waals surface area contributed by atoms with Crippen LogP contribution in [-0.2, 0) is 4.74 Å². The van der Waals surface area contributed by atoms with Crippen LogP contribution in [-0.4, -0.2) is 51.3 Å². The Bertz CT molecular complexity index is 144. The van der Waals surface area contributed by atoms with Gasteiger partial charge in [0.05, 0.1) is 13.2 Å². The lowest BCUT2D eigenvalue weighted by Crippen LogP contribution is -2.41. The van der Waals surface area contributed by atoms with E-state index in [0.717, 1.165) is 38.3 Å². The summed E-state index contributed by atoms with van der Waals surface area (Å²) < 4.78 is 5.49. The van der Waals surface area contributed by atoms with Gasteiger partial charge < -0.3 is 15.0 Å². The van der Waals surface area contributed by atoms with Crippen molar-refractivity contribution in [1.82, 2.24) is 10.2 Å². The summed E-state index contributed by atoms with van der Waals surface area (Å²) in [6.45, 7) is 6.02. The molecule has 0 saturated heterocycles. The first-order valence-corrected chi connectivity index (χ1v) is 5.64. The normalized spacial score (nSPS) is 26.6. The first kappa shape index (κ1) is 12.0. The van der Waals surface area contributed by atoms with Crippen molar-refractivity contribution in [2.45, 2.75) is 25.8 Å². The maximum atomic E-state index is 5.49. The third kappa shape index (κ3) is 4.94. The molecule has 0 bridgehead atoms. The van der Waals surface area contributed by atoms with E-state index >= 15 is 0 Å². The molecule has 0 aromatic heterocycles. The maximum absolute atomic E-state index is 5.49. The van der Waals surface area contributed by atoms with Crippen LogP contribution in [0.1, 0.15) is 19.8 Å². The fraction of sp³-hybridized carbons (Fsp3) is 1.00. The van der Waals surface area contributed by atoms with E-state index in [4.69, 9.17) is 4.74 Å². The van der Waals surface area contributed by atoms with Gasteiger partial charge in [-0.3, -0.25) is 0 Å². The molecule has 14 heavy (non-hydrogen) atoms. The monoisotopic (exact) mass is 200 g/mol. The van der Waals surface area contributed by atoms with Crippen LogP contribution in [0.5, 0.6) is 0 Å². The summed E-state index contributed by atoms with van der Waals surface area (Å²) in [5.41, 5.74) is 0. The lowest BCUT2D eigenvalue weighted by molar-refractivity contribution is 0.111. The van der Waals surface area contributed by atoms with Gasteiger partial charge in [0, 0.05) is 19.1 Å². The average Bonchev–Trinajstić information content (AvgIpc) is 2.07. The average molecular weight is 200 g/mol. The predicted molar refractivity (Wildman–Crippen MR) is 59.6 cm³/mol. The summed E-state index contributed by atoms with van der Waals surface area (Å²) in [4.78, 5) is 2.14. The smallest absolute Gasteiger partial charge is 0.0593 e. The van der Waals surface area contributed by atoms with E-state index in [1.54, 1.807) is 0 Å². The Morgan fingerprint density at radius 2 is 2.00 bits per heavy atom. The Kier molecular flexibility index (Phi) is 5.45. The van der Waals surface area contributed by atoms with Crippen molar-refractivity contribution in [1.29, 1.82) is 0 Å². The van der Waals surface area contributed by atoms with Crippen LogP contribution >= 0.6 is 0 Å². The first-order valence-electron chi connectivity index (χ1n) is 5.64. The number of ether oxygens (including phenoxy) is 1. The summed E-state index contributed by atoms with van der Waals surface area (Å²) >= 11 is 0. The van der Waals surface area contributed by atoms with Gasteiger partial charge >= 0.3 is 0 Å². The van der Waals surface area contributed by atoms with Crippen molar-refractivity contribution < 1.29 is 4.74 Å². The molecule has 1 N–H and O–H groups in total. The van der Waals surface area contributed by atoms with Gasteiger partial charge in [-0.1, -0.05) is 6.92 Å². The van der Waals surface area contributed by atoms with E-state index in [1.807, 2.05) is 0 Å².